The summed E-state index contributed by atoms with van der Waals surface area (Å²) < 4.78 is 10.7. The molecule has 0 aliphatic heterocycles. The summed E-state index contributed by atoms with van der Waals surface area (Å²) in [6, 6.07) is 4.48. The van der Waals surface area contributed by atoms with Crippen molar-refractivity contribution in [2.45, 2.75) is 39.8 Å². The summed E-state index contributed by atoms with van der Waals surface area (Å²) >= 11 is 0. The minimum absolute atomic E-state index is 0.226. The maximum absolute atomic E-state index is 5.50. The highest BCUT2D eigenvalue weighted by atomic mass is 16.6. The molecule has 1 atom stereocenters. The highest BCUT2D eigenvalue weighted by Gasteiger charge is 2.11. The van der Waals surface area contributed by atoms with E-state index in [9.17, 15) is 0 Å². The van der Waals surface area contributed by atoms with E-state index in [-0.39, 0.29) is 6.04 Å². The molecule has 1 rings (SSSR count). The van der Waals surface area contributed by atoms with Crippen LogP contribution in [-0.2, 0) is 0 Å². The summed E-state index contributed by atoms with van der Waals surface area (Å²) in [5.41, 5.74) is 0. The topological polar surface area (TPSA) is 34.4 Å². The molecule has 0 radical (unpaired) electrons. The third-order valence-corrected chi connectivity index (χ3v) is 1.90. The summed E-state index contributed by atoms with van der Waals surface area (Å²) in [7, 11) is 0. The predicted molar refractivity (Wildman–Crippen MR) is 56.6 cm³/mol. The quantitative estimate of drug-likeness (QED) is 0.788. The van der Waals surface area contributed by atoms with Gasteiger partial charge in [0.25, 0.3) is 5.95 Å². The van der Waals surface area contributed by atoms with E-state index in [4.69, 9.17) is 9.15 Å². The van der Waals surface area contributed by atoms with Crippen LogP contribution in [0.4, 0.5) is 0 Å². The first-order valence-electron chi connectivity index (χ1n) is 5.12. The second-order valence-corrected chi connectivity index (χ2v) is 3.63. The molecule has 0 aromatic carbocycles. The van der Waals surface area contributed by atoms with Gasteiger partial charge in [0.05, 0.1) is 12.6 Å². The highest BCUT2D eigenvalue weighted by Crippen LogP contribution is 2.21. The molecule has 1 heterocycles. The Morgan fingerprint density at radius 1 is 1.36 bits per heavy atom. The fourth-order valence-electron chi connectivity index (χ4n) is 1.37. The molecule has 0 amide bonds. The van der Waals surface area contributed by atoms with Crippen LogP contribution in [0.1, 0.15) is 39.5 Å². The zero-order valence-electron chi connectivity index (χ0n) is 9.33. The molecule has 0 aliphatic rings. The lowest BCUT2D eigenvalue weighted by Gasteiger charge is -2.14. The van der Waals surface area contributed by atoms with Crippen molar-refractivity contribution in [2.75, 3.05) is 6.61 Å². The maximum Gasteiger partial charge on any atom is 0.284 e. The SMILES string of the molecule is CCOc1ccc(C(C)NC(C)C)o1. The lowest BCUT2D eigenvalue weighted by Crippen LogP contribution is -2.25. The third kappa shape index (κ3) is 3.07. The van der Waals surface area contributed by atoms with E-state index in [1.807, 2.05) is 19.1 Å². The molecule has 0 fully saturated rings. The first-order valence-corrected chi connectivity index (χ1v) is 5.12. The minimum atomic E-state index is 0.226. The smallest absolute Gasteiger partial charge is 0.284 e. The van der Waals surface area contributed by atoms with E-state index < -0.39 is 0 Å². The van der Waals surface area contributed by atoms with Crippen LogP contribution < -0.4 is 10.1 Å². The van der Waals surface area contributed by atoms with Crippen molar-refractivity contribution >= 4 is 0 Å². The monoisotopic (exact) mass is 197 g/mol. The van der Waals surface area contributed by atoms with Crippen molar-refractivity contribution in [3.8, 4) is 5.95 Å². The van der Waals surface area contributed by atoms with Gasteiger partial charge in [-0.2, -0.15) is 0 Å². The summed E-state index contributed by atoms with van der Waals surface area (Å²) in [5.74, 6) is 1.52. The predicted octanol–water partition coefficient (Wildman–Crippen LogP) is 2.74. The molecule has 0 aliphatic carbocycles. The van der Waals surface area contributed by atoms with E-state index in [0.29, 0.717) is 18.6 Å². The van der Waals surface area contributed by atoms with Gasteiger partial charge in [0, 0.05) is 12.1 Å². The zero-order chi connectivity index (χ0) is 10.6. The normalized spacial score (nSPS) is 13.2. The lowest BCUT2D eigenvalue weighted by atomic mass is 10.2. The molecule has 3 nitrogen and oxygen atoms in total. The number of rotatable bonds is 5. The third-order valence-electron chi connectivity index (χ3n) is 1.90. The first-order chi connectivity index (χ1) is 6.63. The fraction of sp³-hybridized carbons (Fsp3) is 0.636. The van der Waals surface area contributed by atoms with E-state index >= 15 is 0 Å². The van der Waals surface area contributed by atoms with Crippen molar-refractivity contribution in [3.05, 3.63) is 17.9 Å². The molecule has 0 saturated heterocycles. The second kappa shape index (κ2) is 5.05. The number of furan rings is 1. The minimum Gasteiger partial charge on any atom is -0.465 e. The van der Waals surface area contributed by atoms with E-state index in [0.717, 1.165) is 5.76 Å². The van der Waals surface area contributed by atoms with Crippen LogP contribution in [0.5, 0.6) is 5.95 Å². The van der Waals surface area contributed by atoms with Gasteiger partial charge in [-0.15, -0.1) is 0 Å². The van der Waals surface area contributed by atoms with Crippen LogP contribution in [0.2, 0.25) is 0 Å². The first kappa shape index (κ1) is 11.1. The van der Waals surface area contributed by atoms with Gasteiger partial charge in [-0.25, -0.2) is 0 Å². The van der Waals surface area contributed by atoms with Crippen molar-refractivity contribution in [2.24, 2.45) is 0 Å². The molecule has 14 heavy (non-hydrogen) atoms. The number of hydrogen-bond donors (Lipinski definition) is 1. The number of ether oxygens (including phenoxy) is 1. The van der Waals surface area contributed by atoms with Crippen LogP contribution >= 0.6 is 0 Å². The van der Waals surface area contributed by atoms with Gasteiger partial charge in [0.15, 0.2) is 0 Å². The van der Waals surface area contributed by atoms with Gasteiger partial charge >= 0.3 is 0 Å². The Kier molecular flexibility index (Phi) is 4.01. The van der Waals surface area contributed by atoms with Crippen molar-refractivity contribution in [1.82, 2.24) is 5.32 Å². The van der Waals surface area contributed by atoms with Gasteiger partial charge < -0.3 is 14.5 Å². The Labute approximate surface area is 85.4 Å². The molecule has 1 aromatic heterocycles. The molecule has 3 heteroatoms. The van der Waals surface area contributed by atoms with Gasteiger partial charge in [-0.1, -0.05) is 13.8 Å². The average molecular weight is 197 g/mol. The van der Waals surface area contributed by atoms with Crippen LogP contribution in [0.3, 0.4) is 0 Å². The van der Waals surface area contributed by atoms with Crippen LogP contribution in [0, 0.1) is 0 Å². The largest absolute Gasteiger partial charge is 0.465 e. The fourth-order valence-corrected chi connectivity index (χ4v) is 1.37. The van der Waals surface area contributed by atoms with Crippen LogP contribution in [0.15, 0.2) is 16.5 Å². The maximum atomic E-state index is 5.50. The molecule has 0 spiro atoms. The van der Waals surface area contributed by atoms with Crippen molar-refractivity contribution < 1.29 is 9.15 Å². The summed E-state index contributed by atoms with van der Waals surface area (Å²) in [4.78, 5) is 0. The molecular formula is C11H19NO2. The molecule has 1 aromatic rings. The Morgan fingerprint density at radius 3 is 2.64 bits per heavy atom. The summed E-state index contributed by atoms with van der Waals surface area (Å²) in [5, 5.41) is 3.37. The highest BCUT2D eigenvalue weighted by molar-refractivity contribution is 5.14. The van der Waals surface area contributed by atoms with Crippen LogP contribution in [-0.4, -0.2) is 12.6 Å². The standard InChI is InChI=1S/C11H19NO2/c1-5-13-11-7-6-10(14-11)9(4)12-8(2)3/h6-9,12H,5H2,1-4H3. The summed E-state index contributed by atoms with van der Waals surface area (Å²) in [6.45, 7) is 8.89. The molecule has 1 unspecified atom stereocenters. The Bertz CT molecular complexity index is 268. The number of nitrogens with one attached hydrogen (secondary N) is 1. The van der Waals surface area contributed by atoms with Gasteiger partial charge in [-0.3, -0.25) is 0 Å². The lowest BCUT2D eigenvalue weighted by molar-refractivity contribution is 0.243. The molecule has 0 saturated carbocycles. The second-order valence-electron chi connectivity index (χ2n) is 3.63. The van der Waals surface area contributed by atoms with Crippen molar-refractivity contribution in [3.63, 3.8) is 0 Å². The van der Waals surface area contributed by atoms with Crippen molar-refractivity contribution in [1.29, 1.82) is 0 Å². The average Bonchev–Trinajstić information content (AvgIpc) is 2.52. The number of hydrogen-bond acceptors (Lipinski definition) is 3. The van der Waals surface area contributed by atoms with E-state index in [1.54, 1.807) is 0 Å². The molecular weight excluding hydrogens is 178 g/mol. The van der Waals surface area contributed by atoms with E-state index in [1.165, 1.54) is 0 Å². The Morgan fingerprint density at radius 2 is 2.07 bits per heavy atom. The zero-order valence-corrected chi connectivity index (χ0v) is 9.33. The van der Waals surface area contributed by atoms with Gasteiger partial charge in [0.2, 0.25) is 0 Å². The van der Waals surface area contributed by atoms with Gasteiger partial charge in [0.1, 0.15) is 5.76 Å². The summed E-state index contributed by atoms with van der Waals surface area (Å²) in [6.07, 6.45) is 0. The molecule has 0 bridgehead atoms. The Balaban J connectivity index is 2.57. The Hall–Kier alpha value is -0.960. The van der Waals surface area contributed by atoms with E-state index in [2.05, 4.69) is 26.1 Å². The molecule has 1 N–H and O–H groups in total. The van der Waals surface area contributed by atoms with Crippen LogP contribution in [0.25, 0.3) is 0 Å². The molecule has 80 valence electrons. The van der Waals surface area contributed by atoms with Gasteiger partial charge in [-0.05, 0) is 19.9 Å².